The number of aliphatic imine (C=N–C) groups is 1. The highest BCUT2D eigenvalue weighted by atomic mass is 35.5. The number of aromatic nitrogens is 3. The predicted molar refractivity (Wildman–Crippen MR) is 145 cm³/mol. The number of rotatable bonds is 12. The highest BCUT2D eigenvalue weighted by Crippen LogP contribution is 2.39. The first-order valence-electron chi connectivity index (χ1n) is 12.3. The van der Waals surface area contributed by atoms with Crippen LogP contribution in [0.5, 0.6) is 0 Å². The third-order valence-electron chi connectivity index (χ3n) is 6.11. The van der Waals surface area contributed by atoms with Crippen molar-refractivity contribution in [2.75, 3.05) is 33.0 Å². The average Bonchev–Trinajstić information content (AvgIpc) is 3.35. The zero-order valence-corrected chi connectivity index (χ0v) is 23.1. The van der Waals surface area contributed by atoms with Crippen LogP contribution in [0.25, 0.3) is 5.00 Å². The van der Waals surface area contributed by atoms with E-state index in [2.05, 4.69) is 29.4 Å². The van der Waals surface area contributed by atoms with Crippen LogP contribution in [0.2, 0.25) is 5.02 Å². The monoisotopic (exact) mass is 559 g/mol. The van der Waals surface area contributed by atoms with Crippen LogP contribution in [0.3, 0.4) is 0 Å². The molecule has 0 radical (unpaired) electrons. The van der Waals surface area contributed by atoms with Crippen LogP contribution < -0.4 is 5.32 Å². The van der Waals surface area contributed by atoms with E-state index in [1.54, 1.807) is 11.3 Å². The molecule has 4 rings (SSSR count). The Labute approximate surface area is 229 Å². The minimum absolute atomic E-state index is 0.102. The maximum atomic E-state index is 12.9. The Hall–Kier alpha value is -3.12. The number of aryl methyl sites for hydroxylation is 2. The summed E-state index contributed by atoms with van der Waals surface area (Å²) < 4.78 is 12.5. The molecule has 202 valence electrons. The summed E-state index contributed by atoms with van der Waals surface area (Å²) >= 11 is 7.82. The molecule has 0 unspecified atom stereocenters. The lowest BCUT2D eigenvalue weighted by atomic mass is 9.99. The van der Waals surface area contributed by atoms with Crippen LogP contribution in [0.15, 0.2) is 29.3 Å². The number of hydrogen-bond donors (Lipinski definition) is 2. The van der Waals surface area contributed by atoms with E-state index in [4.69, 9.17) is 31.2 Å². The first kappa shape index (κ1) is 27.9. The summed E-state index contributed by atoms with van der Waals surface area (Å²) in [4.78, 5) is 29.6. The van der Waals surface area contributed by atoms with Crippen LogP contribution in [0, 0.1) is 20.8 Å². The van der Waals surface area contributed by atoms with E-state index in [0.29, 0.717) is 43.6 Å². The Morgan fingerprint density at radius 1 is 1.11 bits per heavy atom. The molecule has 1 aliphatic rings. The van der Waals surface area contributed by atoms with Gasteiger partial charge in [0.1, 0.15) is 23.5 Å². The number of nitrogens with one attached hydrogen (secondary N) is 1. The Bertz CT molecular complexity index is 1330. The molecule has 3 heterocycles. The van der Waals surface area contributed by atoms with E-state index < -0.39 is 12.0 Å². The summed E-state index contributed by atoms with van der Waals surface area (Å²) in [6, 6.07) is 7.02. The second kappa shape index (κ2) is 12.6. The number of aliphatic carboxylic acids is 1. The van der Waals surface area contributed by atoms with Gasteiger partial charge in [0.15, 0.2) is 5.82 Å². The largest absolute Gasteiger partial charge is 0.480 e. The van der Waals surface area contributed by atoms with Gasteiger partial charge in [0.2, 0.25) is 5.91 Å². The van der Waals surface area contributed by atoms with Gasteiger partial charge in [-0.3, -0.25) is 14.4 Å². The maximum Gasteiger partial charge on any atom is 0.329 e. The second-order valence-corrected chi connectivity index (χ2v) is 10.5. The van der Waals surface area contributed by atoms with E-state index in [1.807, 2.05) is 35.8 Å². The van der Waals surface area contributed by atoms with Crippen molar-refractivity contribution in [1.82, 2.24) is 20.1 Å². The number of carboxylic acid groups (broad SMARTS) is 1. The molecule has 2 aromatic heterocycles. The Morgan fingerprint density at radius 2 is 1.84 bits per heavy atom. The van der Waals surface area contributed by atoms with Gasteiger partial charge < -0.3 is 19.9 Å². The molecule has 0 fully saturated rings. The Balaban J connectivity index is 1.47. The molecule has 1 amide bonds. The molecule has 1 atom stereocenters. The number of benzene rings is 1. The molecular formula is C26H30ClN5O5S. The molecular weight excluding hydrogens is 530 g/mol. The van der Waals surface area contributed by atoms with Gasteiger partial charge in [-0.05, 0) is 44.9 Å². The zero-order chi connectivity index (χ0) is 27.2. The fourth-order valence-electron chi connectivity index (χ4n) is 4.17. The lowest BCUT2D eigenvalue weighted by Gasteiger charge is -2.13. The molecule has 12 heteroatoms. The Morgan fingerprint density at radius 3 is 2.58 bits per heavy atom. The van der Waals surface area contributed by atoms with Gasteiger partial charge in [-0.25, -0.2) is 4.79 Å². The van der Waals surface area contributed by atoms with Crippen molar-refractivity contribution in [3.63, 3.8) is 0 Å². The molecule has 0 bridgehead atoms. The number of carboxylic acids is 1. The molecule has 0 aliphatic carbocycles. The summed E-state index contributed by atoms with van der Waals surface area (Å²) in [5.74, 6) is 0.192. The minimum Gasteiger partial charge on any atom is -0.480 e. The molecule has 1 aromatic carbocycles. The Kier molecular flexibility index (Phi) is 9.26. The van der Waals surface area contributed by atoms with Crippen molar-refractivity contribution in [2.24, 2.45) is 4.99 Å². The maximum absolute atomic E-state index is 12.9. The summed E-state index contributed by atoms with van der Waals surface area (Å²) in [7, 11) is 0. The van der Waals surface area contributed by atoms with Crippen LogP contribution >= 0.6 is 22.9 Å². The van der Waals surface area contributed by atoms with Crippen molar-refractivity contribution in [1.29, 1.82) is 0 Å². The van der Waals surface area contributed by atoms with Crippen LogP contribution in [-0.2, 0) is 19.1 Å². The molecule has 0 saturated carbocycles. The third kappa shape index (κ3) is 6.47. The number of carbonyl (C=O) groups excluding carboxylic acids is 1. The number of fused-ring (bicyclic) bond motifs is 3. The van der Waals surface area contributed by atoms with Gasteiger partial charge in [0.25, 0.3) is 0 Å². The average molecular weight is 560 g/mol. The van der Waals surface area contributed by atoms with E-state index in [1.165, 1.54) is 4.88 Å². The van der Waals surface area contributed by atoms with Crippen molar-refractivity contribution in [2.45, 2.75) is 39.7 Å². The standard InChI is InChI=1S/C26H30ClN5O5S/c1-15-16(2)38-26-23(15)24(18-5-7-19(27)8-6-18)29-20(25-31-30-17(3)32(25)26)13-21(33)28-9-12-36-10-4-11-37-14-22(34)35/h5-8,20H,4,9-14H2,1-3H3,(H,28,33)(H,34,35)/t20-/m0/s1. The van der Waals surface area contributed by atoms with Crippen molar-refractivity contribution < 1.29 is 24.2 Å². The molecule has 38 heavy (non-hydrogen) atoms. The number of thiophene rings is 1. The number of amides is 1. The topological polar surface area (TPSA) is 128 Å². The summed E-state index contributed by atoms with van der Waals surface area (Å²) in [5.41, 5.74) is 3.87. The molecule has 3 aromatic rings. The molecule has 0 spiro atoms. The normalized spacial score (nSPS) is 14.4. The highest BCUT2D eigenvalue weighted by molar-refractivity contribution is 7.15. The summed E-state index contributed by atoms with van der Waals surface area (Å²) in [6.07, 6.45) is 0.675. The van der Waals surface area contributed by atoms with Gasteiger partial charge in [-0.1, -0.05) is 23.7 Å². The van der Waals surface area contributed by atoms with Crippen molar-refractivity contribution in [3.05, 3.63) is 62.5 Å². The zero-order valence-electron chi connectivity index (χ0n) is 21.5. The van der Waals surface area contributed by atoms with Gasteiger partial charge in [-0.2, -0.15) is 0 Å². The number of nitrogens with zero attached hydrogens (tertiary/aromatic N) is 4. The number of hydrogen-bond acceptors (Lipinski definition) is 8. The van der Waals surface area contributed by atoms with Gasteiger partial charge in [0.05, 0.1) is 18.7 Å². The fourth-order valence-corrected chi connectivity index (χ4v) is 5.51. The first-order chi connectivity index (χ1) is 18.3. The lowest BCUT2D eigenvalue weighted by molar-refractivity contribution is -0.142. The second-order valence-electron chi connectivity index (χ2n) is 8.87. The van der Waals surface area contributed by atoms with Crippen LogP contribution in [-0.4, -0.2) is 70.4 Å². The SMILES string of the molecule is Cc1sc2c(c1C)C(c1ccc(Cl)cc1)=N[C@@H](CC(=O)NCCOCCCOCC(=O)O)c1nnc(C)n1-2. The molecule has 10 nitrogen and oxygen atoms in total. The van der Waals surface area contributed by atoms with Crippen molar-refractivity contribution in [3.8, 4) is 5.00 Å². The number of halogens is 1. The number of carbonyl (C=O) groups is 2. The fraction of sp³-hybridized carbons (Fsp3) is 0.423. The third-order valence-corrected chi connectivity index (χ3v) is 7.55. The quantitative estimate of drug-likeness (QED) is 0.323. The predicted octanol–water partition coefficient (Wildman–Crippen LogP) is 3.81. The lowest BCUT2D eigenvalue weighted by Crippen LogP contribution is -2.29. The van der Waals surface area contributed by atoms with E-state index in [0.717, 1.165) is 33.2 Å². The van der Waals surface area contributed by atoms with E-state index in [-0.39, 0.29) is 18.9 Å². The van der Waals surface area contributed by atoms with Crippen molar-refractivity contribution >= 4 is 40.5 Å². The smallest absolute Gasteiger partial charge is 0.329 e. The highest BCUT2D eigenvalue weighted by Gasteiger charge is 2.32. The summed E-state index contributed by atoms with van der Waals surface area (Å²) in [5, 5.41) is 21.8. The molecule has 1 aliphatic heterocycles. The van der Waals surface area contributed by atoms with Crippen LogP contribution in [0.4, 0.5) is 0 Å². The van der Waals surface area contributed by atoms with Crippen LogP contribution in [0.1, 0.15) is 52.1 Å². The molecule has 0 saturated heterocycles. The van der Waals surface area contributed by atoms with Gasteiger partial charge >= 0.3 is 5.97 Å². The summed E-state index contributed by atoms with van der Waals surface area (Å²) in [6.45, 7) is 7.14. The van der Waals surface area contributed by atoms with Gasteiger partial charge in [0, 0.05) is 40.8 Å². The van der Waals surface area contributed by atoms with Gasteiger partial charge in [-0.15, -0.1) is 21.5 Å². The molecule has 2 N–H and O–H groups in total. The van der Waals surface area contributed by atoms with E-state index in [9.17, 15) is 9.59 Å². The number of ether oxygens (including phenoxy) is 2. The first-order valence-corrected chi connectivity index (χ1v) is 13.5. The van der Waals surface area contributed by atoms with E-state index >= 15 is 0 Å². The minimum atomic E-state index is -0.999.